The largest absolute Gasteiger partial charge is 0.344 e. The van der Waals surface area contributed by atoms with Crippen molar-refractivity contribution in [1.82, 2.24) is 19.8 Å². The SMILES string of the molecule is C=Nc1ccccc1C(C)=NCCN(C)C(=O)N1/C(=C\C=O)N=C(N2CCCC(N)C2)N1CC#CC. The van der Waals surface area contributed by atoms with Crippen molar-refractivity contribution >= 4 is 36.4 Å². The second-order valence-electron chi connectivity index (χ2n) is 8.56. The van der Waals surface area contributed by atoms with Gasteiger partial charge in [-0.25, -0.2) is 9.80 Å². The zero-order chi connectivity index (χ0) is 26.1. The number of rotatable bonds is 7. The van der Waals surface area contributed by atoms with Crippen molar-refractivity contribution in [1.29, 1.82) is 0 Å². The van der Waals surface area contributed by atoms with Crippen LogP contribution in [0.1, 0.15) is 32.3 Å². The number of nitrogens with zero attached hydrogens (tertiary/aromatic N) is 7. The van der Waals surface area contributed by atoms with Crippen molar-refractivity contribution in [2.24, 2.45) is 20.7 Å². The number of hydrazine groups is 1. The van der Waals surface area contributed by atoms with Crippen LogP contribution in [0.25, 0.3) is 0 Å². The smallest absolute Gasteiger partial charge is 0.339 e. The maximum atomic E-state index is 13.6. The number of benzene rings is 1. The van der Waals surface area contributed by atoms with Gasteiger partial charge in [0.15, 0.2) is 5.82 Å². The maximum absolute atomic E-state index is 13.6. The van der Waals surface area contributed by atoms with Gasteiger partial charge in [0.25, 0.3) is 0 Å². The Bertz CT molecular complexity index is 1130. The number of carbonyl (C=O) groups is 2. The van der Waals surface area contributed by atoms with Crippen LogP contribution in [0.15, 0.2) is 51.1 Å². The molecule has 1 saturated heterocycles. The number of amides is 2. The van der Waals surface area contributed by atoms with E-state index < -0.39 is 0 Å². The number of urea groups is 1. The van der Waals surface area contributed by atoms with Crippen LogP contribution >= 0.6 is 0 Å². The van der Waals surface area contributed by atoms with Crippen LogP contribution in [0.3, 0.4) is 0 Å². The van der Waals surface area contributed by atoms with Gasteiger partial charge in [-0.2, -0.15) is 10.0 Å². The number of likely N-dealkylation sites (N-methyl/N-ethyl adjacent to an activating group) is 1. The van der Waals surface area contributed by atoms with Gasteiger partial charge in [-0.3, -0.25) is 14.8 Å². The van der Waals surface area contributed by atoms with Gasteiger partial charge < -0.3 is 15.5 Å². The van der Waals surface area contributed by atoms with Gasteiger partial charge in [0.2, 0.25) is 5.96 Å². The highest BCUT2D eigenvalue weighted by Gasteiger charge is 2.38. The van der Waals surface area contributed by atoms with Crippen LogP contribution in [-0.4, -0.2) is 96.3 Å². The number of aliphatic imine (C=N–C) groups is 3. The van der Waals surface area contributed by atoms with Gasteiger partial charge in [0.05, 0.1) is 12.2 Å². The molecule has 0 bridgehead atoms. The van der Waals surface area contributed by atoms with Crippen molar-refractivity contribution in [3.05, 3.63) is 41.7 Å². The van der Waals surface area contributed by atoms with Gasteiger partial charge in [0, 0.05) is 50.1 Å². The van der Waals surface area contributed by atoms with E-state index in [2.05, 4.69) is 38.4 Å². The number of aldehydes is 1. The molecule has 1 aromatic carbocycles. The number of guanidine groups is 1. The van der Waals surface area contributed by atoms with E-state index >= 15 is 0 Å². The summed E-state index contributed by atoms with van der Waals surface area (Å²) in [6, 6.07) is 7.34. The molecule has 2 N–H and O–H groups in total. The lowest BCUT2D eigenvalue weighted by Crippen LogP contribution is -2.56. The van der Waals surface area contributed by atoms with Gasteiger partial charge in [-0.05, 0) is 39.5 Å². The second kappa shape index (κ2) is 12.7. The lowest BCUT2D eigenvalue weighted by molar-refractivity contribution is -0.104. The molecule has 2 heterocycles. The average Bonchev–Trinajstić information content (AvgIpc) is 3.24. The molecule has 3 rings (SSSR count). The fourth-order valence-corrected chi connectivity index (χ4v) is 4.14. The van der Waals surface area contributed by atoms with Gasteiger partial charge in [-0.15, -0.1) is 5.92 Å². The fraction of sp³-hybridized carbons (Fsp3) is 0.423. The summed E-state index contributed by atoms with van der Waals surface area (Å²) in [6.45, 7) is 9.66. The maximum Gasteiger partial charge on any atom is 0.344 e. The monoisotopic (exact) mass is 490 g/mol. The van der Waals surface area contributed by atoms with E-state index in [-0.39, 0.29) is 24.4 Å². The molecule has 2 aliphatic heterocycles. The van der Waals surface area contributed by atoms with E-state index in [9.17, 15) is 9.59 Å². The Hall–Kier alpha value is -3.97. The molecule has 2 aliphatic rings. The molecule has 0 saturated carbocycles. The number of hydrogen-bond donors (Lipinski definition) is 1. The lowest BCUT2D eigenvalue weighted by Gasteiger charge is -2.38. The predicted molar refractivity (Wildman–Crippen MR) is 143 cm³/mol. The summed E-state index contributed by atoms with van der Waals surface area (Å²) in [4.78, 5) is 41.9. The first-order valence-electron chi connectivity index (χ1n) is 11.9. The first-order chi connectivity index (χ1) is 17.4. The summed E-state index contributed by atoms with van der Waals surface area (Å²) in [6.07, 6.45) is 3.78. The topological polar surface area (TPSA) is 110 Å². The minimum atomic E-state index is -0.331. The third kappa shape index (κ3) is 6.17. The van der Waals surface area contributed by atoms with Crippen LogP contribution in [0.5, 0.6) is 0 Å². The molecule has 10 nitrogen and oxygen atoms in total. The van der Waals surface area contributed by atoms with E-state index in [1.165, 1.54) is 11.1 Å². The molecule has 10 heteroatoms. The van der Waals surface area contributed by atoms with E-state index in [0.717, 1.165) is 36.3 Å². The fourth-order valence-electron chi connectivity index (χ4n) is 4.14. The van der Waals surface area contributed by atoms with Gasteiger partial charge in [0.1, 0.15) is 12.8 Å². The molecule has 0 aromatic heterocycles. The highest BCUT2D eigenvalue weighted by molar-refractivity contribution is 6.03. The summed E-state index contributed by atoms with van der Waals surface area (Å²) in [5.74, 6) is 6.71. The van der Waals surface area contributed by atoms with Gasteiger partial charge in [-0.1, -0.05) is 24.1 Å². The third-order valence-corrected chi connectivity index (χ3v) is 6.02. The van der Waals surface area contributed by atoms with Crippen molar-refractivity contribution in [2.75, 3.05) is 39.8 Å². The molecule has 1 unspecified atom stereocenters. The Balaban J connectivity index is 1.78. The molecule has 0 radical (unpaired) electrons. The number of likely N-dealkylation sites (tertiary alicyclic amines) is 1. The zero-order valence-corrected chi connectivity index (χ0v) is 21.2. The summed E-state index contributed by atoms with van der Waals surface area (Å²) < 4.78 is 0. The number of hydrogen-bond acceptors (Lipinski definition) is 8. The third-order valence-electron chi connectivity index (χ3n) is 6.02. The first kappa shape index (κ1) is 26.6. The quantitative estimate of drug-likeness (QED) is 0.273. The van der Waals surface area contributed by atoms with E-state index in [4.69, 9.17) is 5.73 Å². The minimum absolute atomic E-state index is 0.0222. The molecule has 36 heavy (non-hydrogen) atoms. The van der Waals surface area contributed by atoms with Crippen LogP contribution in [0, 0.1) is 11.8 Å². The van der Waals surface area contributed by atoms with Crippen molar-refractivity contribution in [2.45, 2.75) is 32.7 Å². The van der Waals surface area contributed by atoms with Crippen molar-refractivity contribution in [3.63, 3.8) is 0 Å². The standard InChI is InChI=1S/C26H34N8O2/c1-5-6-16-33-25(32-15-9-10-21(27)19-32)30-24(13-18-35)34(33)26(36)31(4)17-14-29-20(2)22-11-7-8-12-23(22)28-3/h7-8,11-13,18,21H,3,9-10,14-17,19,27H2,1-2,4H3/b24-13-,29-20?. The van der Waals surface area contributed by atoms with Crippen molar-refractivity contribution < 1.29 is 9.59 Å². The minimum Gasteiger partial charge on any atom is -0.339 e. The van der Waals surface area contributed by atoms with Crippen molar-refractivity contribution in [3.8, 4) is 11.8 Å². The summed E-state index contributed by atoms with van der Waals surface area (Å²) in [7, 11) is 1.70. The van der Waals surface area contributed by atoms with Crippen LogP contribution in [-0.2, 0) is 4.79 Å². The molecule has 190 valence electrons. The first-order valence-corrected chi connectivity index (χ1v) is 11.9. The predicted octanol–water partition coefficient (Wildman–Crippen LogP) is 2.25. The summed E-state index contributed by atoms with van der Waals surface area (Å²) in [5, 5.41) is 3.12. The zero-order valence-electron chi connectivity index (χ0n) is 21.2. The average molecular weight is 491 g/mol. The Morgan fingerprint density at radius 3 is 2.86 bits per heavy atom. The lowest BCUT2D eigenvalue weighted by atomic mass is 10.1. The Labute approximate surface area is 212 Å². The number of para-hydroxylation sites is 1. The Morgan fingerprint density at radius 1 is 1.39 bits per heavy atom. The van der Waals surface area contributed by atoms with E-state index in [1.54, 1.807) is 23.9 Å². The molecule has 2 amide bonds. The molecule has 0 aliphatic carbocycles. The summed E-state index contributed by atoms with van der Waals surface area (Å²) >= 11 is 0. The highest BCUT2D eigenvalue weighted by Crippen LogP contribution is 2.25. The Morgan fingerprint density at radius 2 is 2.17 bits per heavy atom. The van der Waals surface area contributed by atoms with Crippen LogP contribution < -0.4 is 5.73 Å². The van der Waals surface area contributed by atoms with Crippen LogP contribution in [0.4, 0.5) is 10.5 Å². The second-order valence-corrected chi connectivity index (χ2v) is 8.56. The van der Waals surface area contributed by atoms with Crippen LogP contribution in [0.2, 0.25) is 0 Å². The number of nitrogens with two attached hydrogens (primary N) is 1. The molecule has 1 aromatic rings. The Kier molecular flexibility index (Phi) is 9.36. The molecule has 0 spiro atoms. The molecule has 1 fully saturated rings. The molecule has 1 atom stereocenters. The normalized spacial score (nSPS) is 19.1. The van der Waals surface area contributed by atoms with E-state index in [0.29, 0.717) is 31.9 Å². The molecular formula is C26H34N8O2. The number of allylic oxidation sites excluding steroid dienone is 1. The van der Waals surface area contributed by atoms with E-state index in [1.807, 2.05) is 31.2 Å². The highest BCUT2D eigenvalue weighted by atomic mass is 16.2. The number of carbonyl (C=O) groups excluding carboxylic acids is 2. The van der Waals surface area contributed by atoms with Gasteiger partial charge >= 0.3 is 6.03 Å². The summed E-state index contributed by atoms with van der Waals surface area (Å²) in [5.41, 5.74) is 8.67. The number of piperidine rings is 1. The molecular weight excluding hydrogens is 456 g/mol.